The van der Waals surface area contributed by atoms with E-state index in [4.69, 9.17) is 9.47 Å². The minimum atomic E-state index is 0. The maximum absolute atomic E-state index is 12.0. The molecule has 5 nitrogen and oxygen atoms in total. The molecular weight excluding hydrogens is 340 g/mol. The summed E-state index contributed by atoms with van der Waals surface area (Å²) < 4.78 is 11.2. The van der Waals surface area contributed by atoms with Gasteiger partial charge in [0, 0.05) is 25.3 Å². The molecule has 0 spiro atoms. The molecular formula is C19H29ClN2O3. The number of anilines is 1. The molecule has 1 atom stereocenters. The number of amides is 1. The highest BCUT2D eigenvalue weighted by atomic mass is 35.5. The second kappa shape index (κ2) is 10.6. The lowest BCUT2D eigenvalue weighted by atomic mass is 10.0. The van der Waals surface area contributed by atoms with Crippen LogP contribution in [-0.2, 0) is 9.53 Å². The smallest absolute Gasteiger partial charge is 0.224 e. The largest absolute Gasteiger partial charge is 0.493 e. The van der Waals surface area contributed by atoms with Crippen LogP contribution in [0.15, 0.2) is 24.3 Å². The van der Waals surface area contributed by atoms with Crippen LogP contribution < -0.4 is 15.4 Å². The Morgan fingerprint density at radius 3 is 2.60 bits per heavy atom. The van der Waals surface area contributed by atoms with E-state index >= 15 is 0 Å². The van der Waals surface area contributed by atoms with Gasteiger partial charge in [-0.1, -0.05) is 0 Å². The summed E-state index contributed by atoms with van der Waals surface area (Å²) in [6.07, 6.45) is 4.89. The highest BCUT2D eigenvalue weighted by Crippen LogP contribution is 2.20. The van der Waals surface area contributed by atoms with Gasteiger partial charge in [-0.2, -0.15) is 0 Å². The van der Waals surface area contributed by atoms with Gasteiger partial charge in [0.2, 0.25) is 5.91 Å². The molecule has 2 saturated heterocycles. The highest BCUT2D eigenvalue weighted by molar-refractivity contribution is 5.90. The molecule has 2 heterocycles. The van der Waals surface area contributed by atoms with Gasteiger partial charge in [0.05, 0.1) is 6.61 Å². The van der Waals surface area contributed by atoms with Crippen molar-refractivity contribution in [1.29, 1.82) is 0 Å². The van der Waals surface area contributed by atoms with E-state index in [9.17, 15) is 4.79 Å². The second-order valence-electron chi connectivity index (χ2n) is 6.84. The summed E-state index contributed by atoms with van der Waals surface area (Å²) in [4.78, 5) is 12.0. The number of rotatable bonds is 7. The van der Waals surface area contributed by atoms with Crippen LogP contribution >= 0.6 is 12.4 Å². The number of carbonyl (C=O) groups excluding carboxylic acids is 1. The molecule has 2 aliphatic rings. The highest BCUT2D eigenvalue weighted by Gasteiger charge is 2.16. The Bertz CT molecular complexity index is 512. The maximum Gasteiger partial charge on any atom is 0.224 e. The molecule has 1 aromatic rings. The van der Waals surface area contributed by atoms with Gasteiger partial charge < -0.3 is 20.1 Å². The maximum atomic E-state index is 12.0. The molecule has 3 rings (SSSR count). The minimum absolute atomic E-state index is 0. The predicted octanol–water partition coefficient (Wildman–Crippen LogP) is 3.24. The van der Waals surface area contributed by atoms with Crippen LogP contribution in [0.5, 0.6) is 5.75 Å². The summed E-state index contributed by atoms with van der Waals surface area (Å²) >= 11 is 0. The summed E-state index contributed by atoms with van der Waals surface area (Å²) in [6, 6.07) is 7.67. The third-order valence-electron chi connectivity index (χ3n) is 4.91. The Hall–Kier alpha value is -1.30. The fraction of sp³-hybridized carbons (Fsp3) is 0.632. The molecule has 1 aromatic carbocycles. The summed E-state index contributed by atoms with van der Waals surface area (Å²) in [6.45, 7) is 4.56. The van der Waals surface area contributed by atoms with Gasteiger partial charge in [0.1, 0.15) is 5.75 Å². The number of halogens is 1. The summed E-state index contributed by atoms with van der Waals surface area (Å²) in [5.74, 6) is 2.19. The molecule has 2 fully saturated rings. The molecule has 1 amide bonds. The minimum Gasteiger partial charge on any atom is -0.493 e. The van der Waals surface area contributed by atoms with Crippen molar-refractivity contribution in [2.45, 2.75) is 32.1 Å². The van der Waals surface area contributed by atoms with Crippen molar-refractivity contribution in [2.75, 3.05) is 38.2 Å². The molecule has 0 aromatic heterocycles. The second-order valence-corrected chi connectivity index (χ2v) is 6.84. The van der Waals surface area contributed by atoms with Crippen molar-refractivity contribution in [3.8, 4) is 5.75 Å². The van der Waals surface area contributed by atoms with E-state index in [1.807, 2.05) is 24.3 Å². The van der Waals surface area contributed by atoms with Crippen LogP contribution in [0.4, 0.5) is 5.69 Å². The molecule has 0 radical (unpaired) electrons. The Balaban J connectivity index is 0.00000225. The van der Waals surface area contributed by atoms with Crippen molar-refractivity contribution in [1.82, 2.24) is 5.32 Å². The predicted molar refractivity (Wildman–Crippen MR) is 102 cm³/mol. The monoisotopic (exact) mass is 368 g/mol. The van der Waals surface area contributed by atoms with Crippen LogP contribution in [0, 0.1) is 11.8 Å². The number of hydrogen-bond donors (Lipinski definition) is 2. The first kappa shape index (κ1) is 20.0. The Morgan fingerprint density at radius 1 is 1.16 bits per heavy atom. The van der Waals surface area contributed by atoms with E-state index in [0.29, 0.717) is 18.3 Å². The first-order valence-electron chi connectivity index (χ1n) is 9.11. The van der Waals surface area contributed by atoms with Crippen molar-refractivity contribution >= 4 is 24.0 Å². The van der Waals surface area contributed by atoms with Gasteiger partial charge in [-0.15, -0.1) is 12.4 Å². The number of benzene rings is 1. The summed E-state index contributed by atoms with van der Waals surface area (Å²) in [7, 11) is 0. The van der Waals surface area contributed by atoms with E-state index in [1.54, 1.807) is 0 Å². The average molecular weight is 369 g/mol. The lowest BCUT2D eigenvalue weighted by molar-refractivity contribution is -0.116. The van der Waals surface area contributed by atoms with E-state index in [2.05, 4.69) is 10.6 Å². The van der Waals surface area contributed by atoms with Crippen LogP contribution in [0.3, 0.4) is 0 Å². The van der Waals surface area contributed by atoms with Crippen LogP contribution in [0.2, 0.25) is 0 Å². The van der Waals surface area contributed by atoms with Crippen molar-refractivity contribution in [3.63, 3.8) is 0 Å². The molecule has 0 bridgehead atoms. The molecule has 2 aliphatic heterocycles. The topological polar surface area (TPSA) is 59.6 Å². The van der Waals surface area contributed by atoms with E-state index < -0.39 is 0 Å². The fourth-order valence-corrected chi connectivity index (χ4v) is 3.28. The number of carbonyl (C=O) groups is 1. The third-order valence-corrected chi connectivity index (χ3v) is 4.91. The molecule has 0 aliphatic carbocycles. The van der Waals surface area contributed by atoms with Gasteiger partial charge >= 0.3 is 0 Å². The number of nitrogens with one attached hydrogen (secondary N) is 2. The Kier molecular flexibility index (Phi) is 8.52. The molecule has 25 heavy (non-hydrogen) atoms. The standard InChI is InChI=1S/C19H28N2O3.ClH/c22-19(6-1-15-7-10-20-13-15)21-17-2-4-18(5-3-17)24-14-16-8-11-23-12-9-16;/h2-5,15-16,20H,1,6-14H2,(H,21,22);1H. The SMILES string of the molecule is Cl.O=C(CCC1CCNC1)Nc1ccc(OCC2CCOCC2)cc1. The quantitative estimate of drug-likeness (QED) is 0.775. The van der Waals surface area contributed by atoms with Gasteiger partial charge in [-0.05, 0) is 74.9 Å². The van der Waals surface area contributed by atoms with Gasteiger partial charge in [0.25, 0.3) is 0 Å². The van der Waals surface area contributed by atoms with Gasteiger partial charge in [-0.3, -0.25) is 4.79 Å². The van der Waals surface area contributed by atoms with E-state index in [1.165, 1.54) is 6.42 Å². The van der Waals surface area contributed by atoms with Crippen molar-refractivity contribution in [3.05, 3.63) is 24.3 Å². The first-order valence-corrected chi connectivity index (χ1v) is 9.11. The molecule has 1 unspecified atom stereocenters. The molecule has 2 N–H and O–H groups in total. The zero-order chi connectivity index (χ0) is 16.6. The molecule has 140 valence electrons. The normalized spacial score (nSPS) is 20.7. The lowest BCUT2D eigenvalue weighted by Crippen LogP contribution is -2.21. The van der Waals surface area contributed by atoms with Crippen LogP contribution in [-0.4, -0.2) is 38.8 Å². The van der Waals surface area contributed by atoms with Gasteiger partial charge in [-0.25, -0.2) is 0 Å². The molecule has 0 saturated carbocycles. The van der Waals surface area contributed by atoms with E-state index in [-0.39, 0.29) is 18.3 Å². The average Bonchev–Trinajstić information content (AvgIpc) is 3.14. The number of ether oxygens (including phenoxy) is 2. The fourth-order valence-electron chi connectivity index (χ4n) is 3.28. The van der Waals surface area contributed by atoms with Gasteiger partial charge in [0.15, 0.2) is 0 Å². The zero-order valence-electron chi connectivity index (χ0n) is 14.7. The third kappa shape index (κ3) is 6.84. The van der Waals surface area contributed by atoms with Crippen molar-refractivity contribution < 1.29 is 14.3 Å². The summed E-state index contributed by atoms with van der Waals surface area (Å²) in [5.41, 5.74) is 0.836. The Morgan fingerprint density at radius 2 is 1.92 bits per heavy atom. The zero-order valence-corrected chi connectivity index (χ0v) is 15.5. The number of hydrogen-bond acceptors (Lipinski definition) is 4. The van der Waals surface area contributed by atoms with Crippen LogP contribution in [0.1, 0.15) is 32.1 Å². The molecule has 6 heteroatoms. The lowest BCUT2D eigenvalue weighted by Gasteiger charge is -2.22. The van der Waals surface area contributed by atoms with Crippen LogP contribution in [0.25, 0.3) is 0 Å². The first-order chi connectivity index (χ1) is 11.8. The van der Waals surface area contributed by atoms with E-state index in [0.717, 1.165) is 63.6 Å². The Labute approximate surface area is 156 Å². The summed E-state index contributed by atoms with van der Waals surface area (Å²) in [5, 5.41) is 6.30. The van der Waals surface area contributed by atoms with Crippen molar-refractivity contribution in [2.24, 2.45) is 11.8 Å².